The minimum Gasteiger partial charge on any atom is -0.353 e. The van der Waals surface area contributed by atoms with Gasteiger partial charge in [0.15, 0.2) is 0 Å². The Morgan fingerprint density at radius 2 is 2.06 bits per heavy atom. The summed E-state index contributed by atoms with van der Waals surface area (Å²) in [5.41, 5.74) is 1.35. The van der Waals surface area contributed by atoms with E-state index in [4.69, 9.17) is 4.98 Å². The van der Waals surface area contributed by atoms with Crippen LogP contribution in [-0.2, 0) is 12.0 Å². The third kappa shape index (κ3) is 1.72. The van der Waals surface area contributed by atoms with Crippen molar-refractivity contribution in [2.45, 2.75) is 58.0 Å². The first kappa shape index (κ1) is 10.2. The van der Waals surface area contributed by atoms with Crippen LogP contribution in [0.4, 0.5) is 5.95 Å². The molecule has 0 bridgehead atoms. The number of hydrogen-bond donors (Lipinski definition) is 1. The summed E-state index contributed by atoms with van der Waals surface area (Å²) < 4.78 is 2.28. The smallest absolute Gasteiger partial charge is 0.203 e. The van der Waals surface area contributed by atoms with Gasteiger partial charge in [0.05, 0.1) is 5.69 Å². The first-order valence-electron chi connectivity index (χ1n) is 6.38. The van der Waals surface area contributed by atoms with Crippen molar-refractivity contribution >= 4 is 5.95 Å². The Hall–Kier alpha value is -0.990. The molecule has 1 unspecified atom stereocenters. The molecule has 0 saturated heterocycles. The zero-order chi connectivity index (χ0) is 11.3. The van der Waals surface area contributed by atoms with Gasteiger partial charge in [-0.05, 0) is 25.2 Å². The highest BCUT2D eigenvalue weighted by atomic mass is 15.2. The van der Waals surface area contributed by atoms with Crippen molar-refractivity contribution in [1.29, 1.82) is 0 Å². The average molecular weight is 219 g/mol. The van der Waals surface area contributed by atoms with E-state index >= 15 is 0 Å². The molecule has 1 saturated carbocycles. The molecular weight excluding hydrogens is 198 g/mol. The quantitative estimate of drug-likeness (QED) is 0.787. The molecule has 16 heavy (non-hydrogen) atoms. The summed E-state index contributed by atoms with van der Waals surface area (Å²) in [5, 5.41) is 3.60. The number of aromatic nitrogens is 2. The highest BCUT2D eigenvalue weighted by Gasteiger charge is 2.34. The largest absolute Gasteiger partial charge is 0.353 e. The third-order valence-corrected chi connectivity index (χ3v) is 3.73. The second-order valence-electron chi connectivity index (χ2n) is 6.27. The zero-order valence-corrected chi connectivity index (χ0v) is 10.5. The van der Waals surface area contributed by atoms with Crippen molar-refractivity contribution in [2.24, 2.45) is 5.92 Å². The number of fused-ring (bicyclic) bond motifs is 1. The van der Waals surface area contributed by atoms with Crippen LogP contribution in [0, 0.1) is 5.92 Å². The molecule has 1 fully saturated rings. The van der Waals surface area contributed by atoms with E-state index in [1.165, 1.54) is 25.0 Å². The van der Waals surface area contributed by atoms with E-state index in [0.717, 1.165) is 18.4 Å². The van der Waals surface area contributed by atoms with Crippen molar-refractivity contribution in [3.8, 4) is 0 Å². The first-order valence-corrected chi connectivity index (χ1v) is 6.38. The third-order valence-electron chi connectivity index (χ3n) is 3.73. The molecule has 1 aromatic heterocycles. The summed E-state index contributed by atoms with van der Waals surface area (Å²) in [6, 6.07) is 0.683. The monoisotopic (exact) mass is 219 g/mol. The SMILES string of the molecule is CC(C)(C)c1cn2c(n1)NC(C1CC1)CC2. The number of anilines is 1. The van der Waals surface area contributed by atoms with Gasteiger partial charge in [-0.1, -0.05) is 20.8 Å². The fourth-order valence-corrected chi connectivity index (χ4v) is 2.43. The first-order chi connectivity index (χ1) is 7.54. The zero-order valence-electron chi connectivity index (χ0n) is 10.5. The van der Waals surface area contributed by atoms with E-state index in [2.05, 4.69) is 36.9 Å². The molecule has 0 aromatic carbocycles. The van der Waals surface area contributed by atoms with E-state index in [1.807, 2.05) is 0 Å². The summed E-state index contributed by atoms with van der Waals surface area (Å²) in [7, 11) is 0. The number of imidazole rings is 1. The van der Waals surface area contributed by atoms with Gasteiger partial charge in [0.25, 0.3) is 0 Å². The molecule has 1 aliphatic heterocycles. The van der Waals surface area contributed by atoms with Crippen LogP contribution in [0.2, 0.25) is 0 Å². The Morgan fingerprint density at radius 3 is 2.69 bits per heavy atom. The molecule has 0 spiro atoms. The maximum Gasteiger partial charge on any atom is 0.203 e. The van der Waals surface area contributed by atoms with Crippen molar-refractivity contribution in [2.75, 3.05) is 5.32 Å². The highest BCUT2D eigenvalue weighted by molar-refractivity contribution is 5.35. The predicted molar refractivity (Wildman–Crippen MR) is 65.7 cm³/mol. The lowest BCUT2D eigenvalue weighted by atomic mass is 9.93. The van der Waals surface area contributed by atoms with Crippen LogP contribution in [0.3, 0.4) is 0 Å². The average Bonchev–Trinajstić information content (AvgIpc) is 2.95. The van der Waals surface area contributed by atoms with E-state index in [-0.39, 0.29) is 5.41 Å². The maximum absolute atomic E-state index is 4.73. The van der Waals surface area contributed by atoms with Gasteiger partial charge in [-0.3, -0.25) is 0 Å². The van der Waals surface area contributed by atoms with Gasteiger partial charge < -0.3 is 9.88 Å². The molecule has 1 N–H and O–H groups in total. The Bertz CT molecular complexity index is 396. The van der Waals surface area contributed by atoms with Crippen molar-refractivity contribution in [1.82, 2.24) is 9.55 Å². The van der Waals surface area contributed by atoms with Crippen molar-refractivity contribution < 1.29 is 0 Å². The Balaban J connectivity index is 1.84. The van der Waals surface area contributed by atoms with Crippen LogP contribution in [0.15, 0.2) is 6.20 Å². The van der Waals surface area contributed by atoms with E-state index < -0.39 is 0 Å². The fourth-order valence-electron chi connectivity index (χ4n) is 2.43. The summed E-state index contributed by atoms with van der Waals surface area (Å²) >= 11 is 0. The minimum absolute atomic E-state index is 0.154. The van der Waals surface area contributed by atoms with E-state index in [1.54, 1.807) is 0 Å². The van der Waals surface area contributed by atoms with Crippen LogP contribution in [0.5, 0.6) is 0 Å². The van der Waals surface area contributed by atoms with E-state index in [0.29, 0.717) is 6.04 Å². The number of hydrogen-bond acceptors (Lipinski definition) is 2. The molecule has 0 radical (unpaired) electrons. The van der Waals surface area contributed by atoms with Crippen LogP contribution >= 0.6 is 0 Å². The lowest BCUT2D eigenvalue weighted by molar-refractivity contribution is 0.489. The molecule has 2 heterocycles. The van der Waals surface area contributed by atoms with Gasteiger partial charge in [0.1, 0.15) is 0 Å². The molecule has 3 heteroatoms. The molecule has 1 atom stereocenters. The molecular formula is C13H21N3. The summed E-state index contributed by atoms with van der Waals surface area (Å²) in [5.74, 6) is 2.01. The van der Waals surface area contributed by atoms with Gasteiger partial charge in [0.2, 0.25) is 5.95 Å². The highest BCUT2D eigenvalue weighted by Crippen LogP contribution is 2.38. The molecule has 1 aliphatic carbocycles. The van der Waals surface area contributed by atoms with Crippen LogP contribution < -0.4 is 5.32 Å². The number of nitrogens with zero attached hydrogens (tertiary/aromatic N) is 2. The standard InChI is InChI=1S/C13H21N3/c1-13(2,3)11-8-16-7-6-10(9-4-5-9)14-12(16)15-11/h8-10H,4-7H2,1-3H3,(H,14,15). The normalized spacial score (nSPS) is 25.1. The molecule has 1 aromatic rings. The Morgan fingerprint density at radius 1 is 1.31 bits per heavy atom. The van der Waals surface area contributed by atoms with Crippen LogP contribution in [0.1, 0.15) is 45.7 Å². The number of aryl methyl sites for hydroxylation is 1. The van der Waals surface area contributed by atoms with E-state index in [9.17, 15) is 0 Å². The molecule has 2 aliphatic rings. The van der Waals surface area contributed by atoms with Crippen LogP contribution in [-0.4, -0.2) is 15.6 Å². The Kier molecular flexibility index (Phi) is 2.07. The van der Waals surface area contributed by atoms with Gasteiger partial charge in [-0.15, -0.1) is 0 Å². The van der Waals surface area contributed by atoms with Gasteiger partial charge >= 0.3 is 0 Å². The molecule has 3 nitrogen and oxygen atoms in total. The summed E-state index contributed by atoms with van der Waals surface area (Å²) in [6.45, 7) is 7.80. The topological polar surface area (TPSA) is 29.9 Å². The second kappa shape index (κ2) is 3.25. The van der Waals surface area contributed by atoms with Gasteiger partial charge in [0, 0.05) is 24.2 Å². The van der Waals surface area contributed by atoms with Crippen molar-refractivity contribution in [3.05, 3.63) is 11.9 Å². The second-order valence-corrected chi connectivity index (χ2v) is 6.27. The van der Waals surface area contributed by atoms with Crippen molar-refractivity contribution in [3.63, 3.8) is 0 Å². The summed E-state index contributed by atoms with van der Waals surface area (Å²) in [6.07, 6.45) is 6.29. The lowest BCUT2D eigenvalue weighted by Crippen LogP contribution is -2.30. The minimum atomic E-state index is 0.154. The fraction of sp³-hybridized carbons (Fsp3) is 0.769. The van der Waals surface area contributed by atoms with Gasteiger partial charge in [-0.2, -0.15) is 0 Å². The number of rotatable bonds is 1. The molecule has 88 valence electrons. The number of nitrogens with one attached hydrogen (secondary N) is 1. The van der Waals surface area contributed by atoms with Crippen LogP contribution in [0.25, 0.3) is 0 Å². The van der Waals surface area contributed by atoms with Gasteiger partial charge in [-0.25, -0.2) is 4.98 Å². The molecule has 3 rings (SSSR count). The maximum atomic E-state index is 4.73. The summed E-state index contributed by atoms with van der Waals surface area (Å²) in [4.78, 5) is 4.73. The molecule has 0 amide bonds. The lowest BCUT2D eigenvalue weighted by Gasteiger charge is -2.25. The Labute approximate surface area is 97.3 Å². The predicted octanol–water partition coefficient (Wildman–Crippen LogP) is 2.77.